The number of hydrogen-bond donors (Lipinski definition) is 1. The number of nitro groups is 1. The van der Waals surface area contributed by atoms with Crippen molar-refractivity contribution in [3.63, 3.8) is 0 Å². The standard InChI is InChI=1S/C25H30N4O6S/c1-4-17(3)35-20-8-6-7-18(15-20)23(30)26-25(36)28-13-11-27(12-14-28)21-10-9-19(24(31)34-5-2)16-22(21)29(32)33/h6-10,15-17H,4-5,11-14H2,1-3H3,(H,26,30,36)/t17-/m1/s1. The maximum absolute atomic E-state index is 12.7. The average molecular weight is 515 g/mol. The maximum Gasteiger partial charge on any atom is 0.338 e. The van der Waals surface area contributed by atoms with E-state index in [-0.39, 0.29) is 29.9 Å². The van der Waals surface area contributed by atoms with Gasteiger partial charge in [-0.3, -0.25) is 20.2 Å². The van der Waals surface area contributed by atoms with E-state index in [1.54, 1.807) is 37.3 Å². The molecule has 0 spiro atoms. The first-order valence-corrected chi connectivity index (χ1v) is 12.2. The number of rotatable bonds is 8. The Morgan fingerprint density at radius 2 is 1.83 bits per heavy atom. The number of piperazine rings is 1. The molecule has 0 saturated carbocycles. The highest BCUT2D eigenvalue weighted by atomic mass is 32.1. The Kier molecular flexibility index (Phi) is 9.18. The van der Waals surface area contributed by atoms with Crippen LogP contribution in [0.1, 0.15) is 47.9 Å². The van der Waals surface area contributed by atoms with Gasteiger partial charge in [0.1, 0.15) is 11.4 Å². The van der Waals surface area contributed by atoms with Crippen LogP contribution in [0.3, 0.4) is 0 Å². The van der Waals surface area contributed by atoms with Crippen molar-refractivity contribution in [3.8, 4) is 5.75 Å². The van der Waals surface area contributed by atoms with Crippen LogP contribution in [-0.4, -0.2) is 65.7 Å². The van der Waals surface area contributed by atoms with Gasteiger partial charge in [-0.05, 0) is 62.8 Å². The monoisotopic (exact) mass is 514 g/mol. The van der Waals surface area contributed by atoms with Crippen LogP contribution in [0.5, 0.6) is 5.75 Å². The van der Waals surface area contributed by atoms with E-state index in [4.69, 9.17) is 21.7 Å². The first-order chi connectivity index (χ1) is 17.2. The molecule has 0 bridgehead atoms. The number of thiocarbonyl (C=S) groups is 1. The zero-order valence-electron chi connectivity index (χ0n) is 20.6. The van der Waals surface area contributed by atoms with Crippen molar-refractivity contribution in [1.29, 1.82) is 0 Å². The van der Waals surface area contributed by atoms with Crippen LogP contribution in [0.15, 0.2) is 42.5 Å². The van der Waals surface area contributed by atoms with Crippen LogP contribution in [0, 0.1) is 10.1 Å². The van der Waals surface area contributed by atoms with Crippen molar-refractivity contribution in [2.75, 3.05) is 37.7 Å². The summed E-state index contributed by atoms with van der Waals surface area (Å²) in [5.41, 5.74) is 0.827. The van der Waals surface area contributed by atoms with Gasteiger partial charge in [0.2, 0.25) is 0 Å². The SMILES string of the molecule is CCOC(=O)c1ccc(N2CCN(C(=S)NC(=O)c3cccc(O[C@H](C)CC)c3)CC2)c([N+](=O)[O-])c1. The zero-order chi connectivity index (χ0) is 26.2. The van der Waals surface area contributed by atoms with Crippen molar-refractivity contribution in [3.05, 3.63) is 63.7 Å². The van der Waals surface area contributed by atoms with Gasteiger partial charge in [-0.2, -0.15) is 0 Å². The van der Waals surface area contributed by atoms with Crippen molar-refractivity contribution >= 4 is 40.6 Å². The minimum atomic E-state index is -0.602. The fourth-order valence-corrected chi connectivity index (χ4v) is 3.98. The Labute approximate surface area is 215 Å². The molecule has 1 fully saturated rings. The molecule has 1 aliphatic heterocycles. The Morgan fingerprint density at radius 3 is 2.47 bits per heavy atom. The molecule has 10 nitrogen and oxygen atoms in total. The zero-order valence-corrected chi connectivity index (χ0v) is 21.4. The molecule has 192 valence electrons. The Bertz CT molecular complexity index is 1130. The molecule has 3 rings (SSSR count). The van der Waals surface area contributed by atoms with Crippen LogP contribution in [0.4, 0.5) is 11.4 Å². The van der Waals surface area contributed by atoms with Crippen molar-refractivity contribution in [1.82, 2.24) is 10.2 Å². The summed E-state index contributed by atoms with van der Waals surface area (Å²) < 4.78 is 10.7. The second-order valence-electron chi connectivity index (χ2n) is 8.28. The Morgan fingerprint density at radius 1 is 1.11 bits per heavy atom. The van der Waals surface area contributed by atoms with Gasteiger partial charge >= 0.3 is 5.97 Å². The predicted octanol–water partition coefficient (Wildman–Crippen LogP) is 3.79. The molecule has 0 unspecified atom stereocenters. The van der Waals surface area contributed by atoms with E-state index in [1.165, 1.54) is 12.1 Å². The number of esters is 1. The molecular formula is C25H30N4O6S. The van der Waals surface area contributed by atoms with Crippen LogP contribution < -0.4 is 15.0 Å². The topological polar surface area (TPSA) is 114 Å². The molecule has 1 atom stereocenters. The van der Waals surface area contributed by atoms with E-state index in [0.29, 0.717) is 48.3 Å². The lowest BCUT2D eigenvalue weighted by Gasteiger charge is -2.37. The molecule has 36 heavy (non-hydrogen) atoms. The molecule has 1 aliphatic rings. The number of nitrogens with zero attached hydrogens (tertiary/aromatic N) is 3. The van der Waals surface area contributed by atoms with Gasteiger partial charge in [-0.1, -0.05) is 13.0 Å². The number of carbonyl (C=O) groups excluding carboxylic acids is 2. The van der Waals surface area contributed by atoms with E-state index >= 15 is 0 Å². The summed E-state index contributed by atoms with van der Waals surface area (Å²) in [4.78, 5) is 39.6. The normalized spacial score (nSPS) is 14.1. The highest BCUT2D eigenvalue weighted by Gasteiger charge is 2.26. The molecule has 0 aliphatic carbocycles. The maximum atomic E-state index is 12.7. The van der Waals surface area contributed by atoms with E-state index < -0.39 is 10.9 Å². The quantitative estimate of drug-likeness (QED) is 0.243. The summed E-state index contributed by atoms with van der Waals surface area (Å²) in [5, 5.41) is 14.7. The smallest absolute Gasteiger partial charge is 0.338 e. The van der Waals surface area contributed by atoms with Crippen LogP contribution in [0.25, 0.3) is 0 Å². The Hall–Kier alpha value is -3.73. The fraction of sp³-hybridized carbons (Fsp3) is 0.400. The summed E-state index contributed by atoms with van der Waals surface area (Å²) in [6.45, 7) is 7.68. The lowest BCUT2D eigenvalue weighted by Crippen LogP contribution is -2.52. The molecule has 1 N–H and O–H groups in total. The van der Waals surface area contributed by atoms with E-state index in [1.807, 2.05) is 23.6 Å². The highest BCUT2D eigenvalue weighted by molar-refractivity contribution is 7.80. The number of benzene rings is 2. The summed E-state index contributed by atoms with van der Waals surface area (Å²) in [5.74, 6) is -0.315. The van der Waals surface area contributed by atoms with E-state index in [0.717, 1.165) is 6.42 Å². The van der Waals surface area contributed by atoms with Crippen molar-refractivity contribution < 1.29 is 24.0 Å². The minimum Gasteiger partial charge on any atom is -0.491 e. The number of ether oxygens (including phenoxy) is 2. The van der Waals surface area contributed by atoms with Crippen LogP contribution in [0.2, 0.25) is 0 Å². The lowest BCUT2D eigenvalue weighted by molar-refractivity contribution is -0.384. The van der Waals surface area contributed by atoms with Crippen molar-refractivity contribution in [2.24, 2.45) is 0 Å². The predicted molar refractivity (Wildman–Crippen MR) is 140 cm³/mol. The molecule has 0 aromatic heterocycles. The molecule has 1 saturated heterocycles. The summed E-state index contributed by atoms with van der Waals surface area (Å²) >= 11 is 5.45. The molecule has 1 amide bonds. The minimum absolute atomic E-state index is 0.0397. The van der Waals surface area contributed by atoms with Crippen LogP contribution in [-0.2, 0) is 4.74 Å². The molecule has 1 heterocycles. The average Bonchev–Trinajstić information content (AvgIpc) is 2.88. The van der Waals surface area contributed by atoms with Gasteiger partial charge in [-0.15, -0.1) is 0 Å². The lowest BCUT2D eigenvalue weighted by atomic mass is 10.1. The van der Waals surface area contributed by atoms with Gasteiger partial charge in [0.25, 0.3) is 11.6 Å². The summed E-state index contributed by atoms with van der Waals surface area (Å²) in [6, 6.07) is 11.3. The third-order valence-corrected chi connectivity index (χ3v) is 6.18. The van der Waals surface area contributed by atoms with Gasteiger partial charge in [-0.25, -0.2) is 4.79 Å². The van der Waals surface area contributed by atoms with E-state index in [2.05, 4.69) is 5.32 Å². The van der Waals surface area contributed by atoms with E-state index in [9.17, 15) is 19.7 Å². The second-order valence-corrected chi connectivity index (χ2v) is 8.67. The number of nitro benzene ring substituents is 1. The van der Waals surface area contributed by atoms with Gasteiger partial charge in [0.15, 0.2) is 5.11 Å². The van der Waals surface area contributed by atoms with Gasteiger partial charge < -0.3 is 19.3 Å². The molecular weight excluding hydrogens is 484 g/mol. The van der Waals surface area contributed by atoms with Crippen molar-refractivity contribution in [2.45, 2.75) is 33.3 Å². The number of hydrogen-bond acceptors (Lipinski definition) is 8. The third kappa shape index (κ3) is 6.69. The highest BCUT2D eigenvalue weighted by Crippen LogP contribution is 2.30. The molecule has 11 heteroatoms. The Balaban J connectivity index is 1.61. The van der Waals surface area contributed by atoms with Gasteiger partial charge in [0, 0.05) is 37.8 Å². The fourth-order valence-electron chi connectivity index (χ4n) is 3.70. The third-order valence-electron chi connectivity index (χ3n) is 5.82. The van der Waals surface area contributed by atoms with Crippen LogP contribution >= 0.6 is 12.2 Å². The van der Waals surface area contributed by atoms with Gasteiger partial charge in [0.05, 0.1) is 23.2 Å². The number of carbonyl (C=O) groups is 2. The summed E-state index contributed by atoms with van der Waals surface area (Å²) in [7, 11) is 0. The molecule has 0 radical (unpaired) electrons. The molecule has 2 aromatic rings. The molecule has 2 aromatic carbocycles. The second kappa shape index (κ2) is 12.3. The number of nitrogens with one attached hydrogen (secondary N) is 1. The largest absolute Gasteiger partial charge is 0.491 e. The summed E-state index contributed by atoms with van der Waals surface area (Å²) in [6.07, 6.45) is 0.892. The number of anilines is 1. The number of amides is 1. The first-order valence-electron chi connectivity index (χ1n) is 11.8. The first kappa shape index (κ1) is 26.9.